The van der Waals surface area contributed by atoms with Crippen LogP contribution < -0.4 is 5.73 Å². The number of nitrogens with two attached hydrogens (primary N) is 1. The van der Waals surface area contributed by atoms with E-state index in [1.165, 1.54) is 16.5 Å². The molecule has 0 aliphatic rings. The van der Waals surface area contributed by atoms with Crippen molar-refractivity contribution in [1.29, 1.82) is 0 Å². The van der Waals surface area contributed by atoms with Crippen LogP contribution in [0.1, 0.15) is 36.6 Å². The molecule has 1 heterocycles. The number of rotatable bonds is 2. The first-order valence-corrected chi connectivity index (χ1v) is 5.72. The number of aromatic nitrogens is 1. The second-order valence-corrected chi connectivity index (χ2v) is 4.57. The highest BCUT2D eigenvalue weighted by Gasteiger charge is 2.05. The van der Waals surface area contributed by atoms with Crippen molar-refractivity contribution in [1.82, 2.24) is 4.98 Å². The molecule has 2 aromatic rings. The molecule has 0 unspecified atom stereocenters. The van der Waals surface area contributed by atoms with Crippen molar-refractivity contribution >= 4 is 10.9 Å². The average Bonchev–Trinajstić information content (AvgIpc) is 2.28. The van der Waals surface area contributed by atoms with Gasteiger partial charge >= 0.3 is 0 Å². The third-order valence-electron chi connectivity index (χ3n) is 2.97. The third-order valence-corrected chi connectivity index (χ3v) is 2.97. The van der Waals surface area contributed by atoms with E-state index in [1.807, 2.05) is 0 Å². The smallest absolute Gasteiger partial charge is 0.0708 e. The molecule has 0 radical (unpaired) electrons. The van der Waals surface area contributed by atoms with Gasteiger partial charge in [-0.3, -0.25) is 4.98 Å². The summed E-state index contributed by atoms with van der Waals surface area (Å²) < 4.78 is 0. The minimum absolute atomic E-state index is 0.503. The highest BCUT2D eigenvalue weighted by atomic mass is 14.7. The van der Waals surface area contributed by atoms with Crippen LogP contribution in [-0.4, -0.2) is 4.98 Å². The molecule has 0 saturated heterocycles. The maximum Gasteiger partial charge on any atom is 0.0708 e. The van der Waals surface area contributed by atoms with Crippen molar-refractivity contribution in [2.24, 2.45) is 5.73 Å². The number of hydrogen-bond acceptors (Lipinski definition) is 2. The molecule has 1 aromatic heterocycles. The molecule has 0 spiro atoms. The molecule has 0 aliphatic heterocycles. The molecule has 0 aliphatic carbocycles. The number of fused-ring (bicyclic) bond motifs is 1. The van der Waals surface area contributed by atoms with Gasteiger partial charge in [0.2, 0.25) is 0 Å². The molecule has 2 rings (SSSR count). The van der Waals surface area contributed by atoms with Gasteiger partial charge in [-0.15, -0.1) is 0 Å². The van der Waals surface area contributed by atoms with Crippen LogP contribution in [0.3, 0.4) is 0 Å². The summed E-state index contributed by atoms with van der Waals surface area (Å²) in [5, 5.41) is 1.24. The number of pyridine rings is 1. The van der Waals surface area contributed by atoms with Crippen LogP contribution >= 0.6 is 0 Å². The van der Waals surface area contributed by atoms with Crippen molar-refractivity contribution in [3.63, 3.8) is 0 Å². The summed E-state index contributed by atoms with van der Waals surface area (Å²) >= 11 is 0. The summed E-state index contributed by atoms with van der Waals surface area (Å²) in [5.74, 6) is 0.554. The molecule has 84 valence electrons. The van der Waals surface area contributed by atoms with Crippen LogP contribution in [0.5, 0.6) is 0 Å². The Morgan fingerprint density at radius 1 is 1.25 bits per heavy atom. The zero-order valence-electron chi connectivity index (χ0n) is 10.1. The van der Waals surface area contributed by atoms with Crippen molar-refractivity contribution in [2.45, 2.75) is 33.2 Å². The molecular weight excluding hydrogens is 196 g/mol. The summed E-state index contributed by atoms with van der Waals surface area (Å²) in [6.45, 7) is 7.03. The number of hydrogen-bond donors (Lipinski definition) is 1. The highest BCUT2D eigenvalue weighted by molar-refractivity contribution is 5.83. The van der Waals surface area contributed by atoms with Gasteiger partial charge in [0, 0.05) is 11.9 Å². The maximum atomic E-state index is 5.63. The van der Waals surface area contributed by atoms with Gasteiger partial charge in [0.15, 0.2) is 0 Å². The average molecular weight is 214 g/mol. The van der Waals surface area contributed by atoms with Crippen molar-refractivity contribution in [2.75, 3.05) is 0 Å². The van der Waals surface area contributed by atoms with Crippen LogP contribution in [-0.2, 0) is 6.54 Å². The van der Waals surface area contributed by atoms with Gasteiger partial charge in [0.05, 0.1) is 11.2 Å². The van der Waals surface area contributed by atoms with Gasteiger partial charge in [-0.05, 0) is 42.2 Å². The van der Waals surface area contributed by atoms with Crippen molar-refractivity contribution in [3.8, 4) is 0 Å². The van der Waals surface area contributed by atoms with Crippen molar-refractivity contribution in [3.05, 3.63) is 41.1 Å². The lowest BCUT2D eigenvalue weighted by Crippen LogP contribution is -2.01. The molecule has 0 saturated carbocycles. The van der Waals surface area contributed by atoms with E-state index in [0.717, 1.165) is 11.2 Å². The molecular formula is C14H18N2. The molecule has 1 aromatic carbocycles. The predicted octanol–water partition coefficient (Wildman–Crippen LogP) is 3.13. The fourth-order valence-corrected chi connectivity index (χ4v) is 1.95. The van der Waals surface area contributed by atoms with Crippen LogP contribution in [0.15, 0.2) is 24.3 Å². The fourth-order valence-electron chi connectivity index (χ4n) is 1.95. The van der Waals surface area contributed by atoms with Crippen molar-refractivity contribution < 1.29 is 0 Å². The van der Waals surface area contributed by atoms with Crippen LogP contribution in [0.25, 0.3) is 10.9 Å². The fraction of sp³-hybridized carbons (Fsp3) is 0.357. The largest absolute Gasteiger partial charge is 0.325 e. The van der Waals surface area contributed by atoms with Crippen LogP contribution in [0, 0.1) is 6.92 Å². The normalized spacial score (nSPS) is 11.3. The Morgan fingerprint density at radius 2 is 2.00 bits per heavy atom. The standard InChI is InChI=1S/C14H18N2/c1-9(2)11-4-5-14-13(7-11)10(3)6-12(8-15)16-14/h4-7,9H,8,15H2,1-3H3. The molecule has 0 fully saturated rings. The van der Waals surface area contributed by atoms with E-state index in [9.17, 15) is 0 Å². The number of benzene rings is 1. The first-order valence-electron chi connectivity index (χ1n) is 5.72. The molecule has 2 N–H and O–H groups in total. The van der Waals surface area contributed by atoms with E-state index in [0.29, 0.717) is 12.5 Å². The maximum absolute atomic E-state index is 5.63. The van der Waals surface area contributed by atoms with Crippen LogP contribution in [0.2, 0.25) is 0 Å². The molecule has 0 amide bonds. The van der Waals surface area contributed by atoms with Gasteiger partial charge in [0.25, 0.3) is 0 Å². The minimum atomic E-state index is 0.503. The van der Waals surface area contributed by atoms with E-state index in [-0.39, 0.29) is 0 Å². The molecule has 0 atom stereocenters. The first kappa shape index (κ1) is 11.1. The lowest BCUT2D eigenvalue weighted by atomic mass is 9.99. The van der Waals surface area contributed by atoms with Crippen LogP contribution in [0.4, 0.5) is 0 Å². The lowest BCUT2D eigenvalue weighted by molar-refractivity contribution is 0.868. The second-order valence-electron chi connectivity index (χ2n) is 4.57. The Morgan fingerprint density at radius 3 is 2.62 bits per heavy atom. The highest BCUT2D eigenvalue weighted by Crippen LogP contribution is 2.23. The zero-order valence-corrected chi connectivity index (χ0v) is 10.1. The Balaban J connectivity index is 2.65. The summed E-state index contributed by atoms with van der Waals surface area (Å²) in [6, 6.07) is 8.56. The van der Waals surface area contributed by atoms with Gasteiger partial charge in [-0.1, -0.05) is 19.9 Å². The van der Waals surface area contributed by atoms with E-state index in [4.69, 9.17) is 5.73 Å². The molecule has 2 nitrogen and oxygen atoms in total. The topological polar surface area (TPSA) is 38.9 Å². The Kier molecular flexibility index (Phi) is 2.92. The monoisotopic (exact) mass is 214 g/mol. The Labute approximate surface area is 96.5 Å². The minimum Gasteiger partial charge on any atom is -0.325 e. The van der Waals surface area contributed by atoms with E-state index < -0.39 is 0 Å². The summed E-state index contributed by atoms with van der Waals surface area (Å²) in [6.07, 6.45) is 0. The third kappa shape index (κ3) is 1.93. The number of nitrogens with zero attached hydrogens (tertiary/aromatic N) is 1. The SMILES string of the molecule is Cc1cc(CN)nc2ccc(C(C)C)cc12. The first-order chi connectivity index (χ1) is 7.61. The summed E-state index contributed by atoms with van der Waals surface area (Å²) in [4.78, 5) is 4.53. The number of aryl methyl sites for hydroxylation is 1. The lowest BCUT2D eigenvalue weighted by Gasteiger charge is -2.09. The molecule has 16 heavy (non-hydrogen) atoms. The Bertz CT molecular complexity index is 515. The van der Waals surface area contributed by atoms with Gasteiger partial charge < -0.3 is 5.73 Å². The quantitative estimate of drug-likeness (QED) is 0.834. The predicted molar refractivity (Wildman–Crippen MR) is 68.5 cm³/mol. The summed E-state index contributed by atoms with van der Waals surface area (Å²) in [5.41, 5.74) is 10.2. The van der Waals surface area contributed by atoms with E-state index in [2.05, 4.69) is 50.0 Å². The van der Waals surface area contributed by atoms with E-state index >= 15 is 0 Å². The second kappa shape index (κ2) is 4.22. The molecule has 0 bridgehead atoms. The molecule has 2 heteroatoms. The summed E-state index contributed by atoms with van der Waals surface area (Å²) in [7, 11) is 0. The van der Waals surface area contributed by atoms with Gasteiger partial charge in [0.1, 0.15) is 0 Å². The Hall–Kier alpha value is -1.41. The van der Waals surface area contributed by atoms with Gasteiger partial charge in [-0.25, -0.2) is 0 Å². The zero-order chi connectivity index (χ0) is 11.7. The van der Waals surface area contributed by atoms with Gasteiger partial charge in [-0.2, -0.15) is 0 Å². The van der Waals surface area contributed by atoms with E-state index in [1.54, 1.807) is 0 Å².